The average molecular weight is 1930 g/mol. The number of aliphatic imine (C=N–C) groups is 3. The van der Waals surface area contributed by atoms with Gasteiger partial charge in [-0.25, -0.2) is 15.0 Å². The van der Waals surface area contributed by atoms with Gasteiger partial charge in [0.1, 0.15) is 49.9 Å². The van der Waals surface area contributed by atoms with Crippen LogP contribution in [-0.4, -0.2) is 246 Å². The fraction of sp³-hybridized carbons (Fsp3) is 0.560. The SMILES string of the molecule is CCCCC(NC(=O)CCC(=O)CCc1ccc(CNC=NCOCCOC)cc1)C(=O)C(C(=O)C(CCCC)NC(=O)CCC(=O)CCc1ccc(CNC=NCOCCOC)cc1)(C(=O)C(CCCC)NC(=O)CCC(=O)CCc1ccc(CNC=NCOCCOC)cc1)C(=O)C(CCCCN=[N+]=[N-])NC(=O)CCC(=O)CCc1ccc(Cn2c(O)nc3c(N)nc(OCCOC)nc32)cc1. The van der Waals surface area contributed by atoms with E-state index in [-0.39, 0.29) is 201 Å². The Balaban J connectivity index is 1.37. The van der Waals surface area contributed by atoms with E-state index in [1.54, 1.807) is 85.4 Å². The summed E-state index contributed by atoms with van der Waals surface area (Å²) in [5, 5.41) is 34.8. The third kappa shape index (κ3) is 43.6. The van der Waals surface area contributed by atoms with Crippen LogP contribution >= 0.6 is 0 Å². The minimum absolute atomic E-state index is 0.0111. The summed E-state index contributed by atoms with van der Waals surface area (Å²) in [4.78, 5) is 212. The summed E-state index contributed by atoms with van der Waals surface area (Å²) in [7, 11) is 6.25. The van der Waals surface area contributed by atoms with Crippen molar-refractivity contribution in [2.45, 2.75) is 251 Å². The molecule has 2 heterocycles. The maximum Gasteiger partial charge on any atom is 0.320 e. The number of methoxy groups -OCH3 is 4. The molecule has 0 fully saturated rings. The number of aromatic hydroxyl groups is 1. The molecule has 39 heteroatoms. The lowest BCUT2D eigenvalue weighted by molar-refractivity contribution is -0.161. The third-order valence-corrected chi connectivity index (χ3v) is 22.8. The molecule has 10 N–H and O–H groups in total. The molecule has 4 unspecified atom stereocenters. The van der Waals surface area contributed by atoms with Crippen molar-refractivity contribution in [1.82, 2.24) is 56.7 Å². The number of nitrogens with zero attached hydrogens (tertiary/aromatic N) is 10. The summed E-state index contributed by atoms with van der Waals surface area (Å²) in [5.74, 6) is -10.8. The van der Waals surface area contributed by atoms with Gasteiger partial charge in [0, 0.05) is 137 Å². The van der Waals surface area contributed by atoms with E-state index in [2.05, 4.69) is 77.2 Å². The molecule has 0 saturated carbocycles. The number of nitrogens with one attached hydrogen (secondary N) is 7. The van der Waals surface area contributed by atoms with Crippen LogP contribution < -0.4 is 47.7 Å². The van der Waals surface area contributed by atoms with Crippen LogP contribution in [0.5, 0.6) is 12.0 Å². The number of hydrogen-bond acceptors (Lipinski definition) is 29. The van der Waals surface area contributed by atoms with E-state index < -0.39 is 115 Å². The summed E-state index contributed by atoms with van der Waals surface area (Å²) in [6.07, 6.45) is 2.22. The number of nitrogens with two attached hydrogens (primary N) is 1. The summed E-state index contributed by atoms with van der Waals surface area (Å²) >= 11 is 0. The maximum absolute atomic E-state index is 17.2. The molecule has 2 aromatic heterocycles. The Kier molecular flexibility index (Phi) is 56.1. The van der Waals surface area contributed by atoms with Gasteiger partial charge >= 0.3 is 6.01 Å². The second-order valence-corrected chi connectivity index (χ2v) is 33.6. The Labute approximate surface area is 813 Å². The highest BCUT2D eigenvalue weighted by atomic mass is 16.5. The quantitative estimate of drug-likeness (QED) is 0.00326. The van der Waals surface area contributed by atoms with E-state index in [0.717, 1.165) is 38.9 Å². The number of amides is 4. The second-order valence-electron chi connectivity index (χ2n) is 33.6. The van der Waals surface area contributed by atoms with Crippen molar-refractivity contribution in [1.29, 1.82) is 0 Å². The molecule has 0 bridgehead atoms. The van der Waals surface area contributed by atoms with Gasteiger partial charge in [-0.15, -0.1) is 0 Å². The number of unbranched alkanes of at least 4 members (excludes halogenated alkanes) is 4. The Morgan fingerprint density at radius 2 is 0.719 bits per heavy atom. The molecule has 0 aliphatic rings. The zero-order valence-electron chi connectivity index (χ0n) is 81.6. The van der Waals surface area contributed by atoms with Crippen LogP contribution in [-0.2, 0) is 143 Å². The van der Waals surface area contributed by atoms with Gasteiger partial charge in [-0.3, -0.25) is 62.1 Å². The Morgan fingerprint density at radius 3 is 1.04 bits per heavy atom. The third-order valence-electron chi connectivity index (χ3n) is 22.8. The average Bonchev–Trinajstić information content (AvgIpc) is 1.55. The number of carbonyl (C=O) groups excluding carboxylic acids is 12. The summed E-state index contributed by atoms with van der Waals surface area (Å²) in [6.45, 7) is 10.0. The first-order valence-corrected chi connectivity index (χ1v) is 47.9. The highest BCUT2D eigenvalue weighted by Gasteiger charge is 2.64. The van der Waals surface area contributed by atoms with Gasteiger partial charge in [-0.05, 0) is 108 Å². The first-order valence-electron chi connectivity index (χ1n) is 47.9. The number of aromatic nitrogens is 4. The molecule has 0 spiro atoms. The van der Waals surface area contributed by atoms with Crippen molar-refractivity contribution in [3.63, 3.8) is 0 Å². The monoisotopic (exact) mass is 1930 g/mol. The highest BCUT2D eigenvalue weighted by Crippen LogP contribution is 2.36. The number of imidazole rings is 1. The van der Waals surface area contributed by atoms with Crippen LogP contribution in [0.15, 0.2) is 117 Å². The number of ketones is 8. The molecule has 0 aliphatic heterocycles. The predicted molar refractivity (Wildman–Crippen MR) is 525 cm³/mol. The summed E-state index contributed by atoms with van der Waals surface area (Å²) in [5.41, 5.74) is 19.0. The van der Waals surface area contributed by atoms with Gasteiger partial charge in [-0.2, -0.15) is 15.0 Å². The van der Waals surface area contributed by atoms with Crippen molar-refractivity contribution >= 4 is 106 Å². The van der Waals surface area contributed by atoms with E-state index in [1.807, 2.05) is 72.8 Å². The van der Waals surface area contributed by atoms with Crippen molar-refractivity contribution in [2.24, 2.45) is 25.5 Å². The number of nitrogen functional groups attached to an aromatic ring is 1. The number of rotatable bonds is 80. The molecule has 0 radical (unpaired) electrons. The van der Waals surface area contributed by atoms with Crippen LogP contribution in [0.1, 0.15) is 219 Å². The molecule has 0 saturated heterocycles. The van der Waals surface area contributed by atoms with Crippen LogP contribution in [0.4, 0.5) is 5.82 Å². The number of Topliss-reactive ketones (excluding diaryl/α,β-unsaturated/α-hetero) is 8. The fourth-order valence-electron chi connectivity index (χ4n) is 14.8. The highest BCUT2D eigenvalue weighted by molar-refractivity contribution is 6.42. The molecule has 6 rings (SSSR count). The number of azide groups is 1. The van der Waals surface area contributed by atoms with Crippen LogP contribution in [0.2, 0.25) is 0 Å². The Bertz CT molecular complexity index is 4630. The number of benzene rings is 4. The number of anilines is 1. The molecule has 4 amide bonds. The Morgan fingerprint density at radius 1 is 0.410 bits per heavy atom. The molecule has 4 aromatic carbocycles. The molecular formula is C100H142N18O21. The lowest BCUT2D eigenvalue weighted by Gasteiger charge is -2.39. The van der Waals surface area contributed by atoms with Gasteiger partial charge in [-0.1, -0.05) is 168 Å². The Hall–Kier alpha value is -12.5. The first kappa shape index (κ1) is 115. The zero-order valence-corrected chi connectivity index (χ0v) is 81.6. The minimum atomic E-state index is -3.68. The number of hydrogen-bond donors (Lipinski definition) is 9. The van der Waals surface area contributed by atoms with E-state index in [1.165, 1.54) is 11.7 Å². The first-order chi connectivity index (χ1) is 67.4. The van der Waals surface area contributed by atoms with Gasteiger partial charge in [0.2, 0.25) is 29.0 Å². The van der Waals surface area contributed by atoms with Gasteiger partial charge in [0.15, 0.2) is 40.1 Å². The smallest absolute Gasteiger partial charge is 0.320 e. The summed E-state index contributed by atoms with van der Waals surface area (Å²) in [6, 6.07) is 21.6. The second kappa shape index (κ2) is 67.7. The normalized spacial score (nSPS) is 12.7. The molecule has 6 aromatic rings. The van der Waals surface area contributed by atoms with Crippen molar-refractivity contribution < 1.29 is 101 Å². The van der Waals surface area contributed by atoms with Gasteiger partial charge in [0.25, 0.3) is 6.01 Å². The maximum atomic E-state index is 17.2. The largest absolute Gasteiger partial charge is 0.480 e. The van der Waals surface area contributed by atoms with Gasteiger partial charge in [0.05, 0.1) is 96.0 Å². The molecule has 758 valence electrons. The molecule has 0 aliphatic carbocycles. The molecular weight excluding hydrogens is 1790 g/mol. The minimum Gasteiger partial charge on any atom is -0.480 e. The number of carbonyl (C=O) groups is 12. The van der Waals surface area contributed by atoms with Crippen molar-refractivity contribution in [3.8, 4) is 12.0 Å². The zero-order chi connectivity index (χ0) is 101. The lowest BCUT2D eigenvalue weighted by Crippen LogP contribution is -2.69. The standard InChI is InChI=1S/C100H142N18O21/c1-8-11-16-83(110-87(123)48-44-79(119)40-36-71-20-28-75(29-21-71)61-103-65-106-68-136-57-53-132-4)92(127)100(93(128)84(17-12-9-2)111-88(124)49-45-80(120)41-37-72-22-30-76(31-23-72)62-104-66-107-69-137-58-54-133-5,94(129)85(18-13-10-3)112-89(125)50-46-81(121)42-38-73-24-32-77(33-25-73)63-105-67-108-70-138-59-55-134-6)95(130)86(19-14-15-52-109-117-102)113-90(126)51-47-82(122)43-39-74-26-34-78(35-27-74)64-118-97-91(114-99(118)131)96(101)115-98(116-97)139-60-56-135-7/h20-35,65-67,83-86H,8-19,36-64,68-70H2,1-7H3,(H,103,106)(H,104,107)(H,105,108)(H,110,123)(H,111,124)(H,112,125)(H,113,126)(H,114,131)(H2,101,115,116). The van der Waals surface area contributed by atoms with E-state index in [9.17, 15) is 49.0 Å². The van der Waals surface area contributed by atoms with Crippen LogP contribution in [0, 0.1) is 5.41 Å². The fourth-order valence-corrected chi connectivity index (χ4v) is 14.8. The predicted octanol–water partition coefficient (Wildman–Crippen LogP) is 9.88. The molecule has 4 atom stereocenters. The van der Waals surface area contributed by atoms with Crippen LogP contribution in [0.25, 0.3) is 21.6 Å². The van der Waals surface area contributed by atoms with E-state index >= 15 is 19.2 Å². The summed E-state index contributed by atoms with van der Waals surface area (Å²) < 4.78 is 43.1. The number of ether oxygens (including phenoxy) is 8. The molecule has 139 heavy (non-hydrogen) atoms. The van der Waals surface area contributed by atoms with Crippen LogP contribution in [0.3, 0.4) is 0 Å². The van der Waals surface area contributed by atoms with Crippen molar-refractivity contribution in [3.05, 3.63) is 152 Å². The number of fused-ring (bicyclic) bond motifs is 1. The van der Waals surface area contributed by atoms with Crippen molar-refractivity contribution in [2.75, 3.05) is 114 Å². The van der Waals surface area contributed by atoms with E-state index in [4.69, 9.17) is 43.6 Å². The van der Waals surface area contributed by atoms with E-state index in [0.29, 0.717) is 103 Å². The topological polar surface area (TPSA) is 539 Å². The number of aryl methyl sites for hydroxylation is 4. The molecule has 39 nitrogen and oxygen atoms in total. The van der Waals surface area contributed by atoms with Gasteiger partial charge < -0.3 is 86.0 Å². The lowest BCUT2D eigenvalue weighted by atomic mass is 9.63.